The molecule has 0 aliphatic heterocycles. The van der Waals surface area contributed by atoms with E-state index >= 15 is 0 Å². The molecule has 1 aromatic rings. The smallest absolute Gasteiger partial charge is 0.256 e. The van der Waals surface area contributed by atoms with Crippen molar-refractivity contribution >= 4 is 17.5 Å². The molecule has 1 amide bonds. The third-order valence-corrected chi connectivity index (χ3v) is 4.35. The topological polar surface area (TPSA) is 42.2 Å². The third-order valence-electron chi connectivity index (χ3n) is 4.06. The number of furan rings is 1. The average molecular weight is 284 g/mol. The first kappa shape index (κ1) is 14.4. The second kappa shape index (κ2) is 5.58. The summed E-state index contributed by atoms with van der Waals surface area (Å²) in [5, 5.41) is 3.30. The fraction of sp³-hybridized carbons (Fsp3) is 0.667. The molecular weight excluding hydrogens is 262 g/mol. The minimum Gasteiger partial charge on any atom is -0.452 e. The molecule has 1 fully saturated rings. The molecule has 2 unspecified atom stereocenters. The first-order valence-electron chi connectivity index (χ1n) is 6.93. The van der Waals surface area contributed by atoms with Crippen LogP contribution in [-0.2, 0) is 0 Å². The molecule has 1 saturated carbocycles. The van der Waals surface area contributed by atoms with E-state index in [0.29, 0.717) is 11.5 Å². The van der Waals surface area contributed by atoms with Gasteiger partial charge in [0, 0.05) is 6.04 Å². The van der Waals surface area contributed by atoms with Crippen LogP contribution in [0.15, 0.2) is 16.7 Å². The van der Waals surface area contributed by atoms with Gasteiger partial charge in [-0.15, -0.1) is 0 Å². The number of halogens is 1. The van der Waals surface area contributed by atoms with Gasteiger partial charge in [0.1, 0.15) is 0 Å². The Morgan fingerprint density at radius 3 is 2.63 bits per heavy atom. The van der Waals surface area contributed by atoms with Crippen molar-refractivity contribution in [1.82, 2.24) is 5.32 Å². The van der Waals surface area contributed by atoms with E-state index in [1.165, 1.54) is 25.5 Å². The van der Waals surface area contributed by atoms with E-state index in [9.17, 15) is 4.79 Å². The maximum Gasteiger partial charge on any atom is 0.256 e. The quantitative estimate of drug-likeness (QED) is 0.881. The Bertz CT molecular complexity index is 447. The normalized spacial score (nSPS) is 24.2. The van der Waals surface area contributed by atoms with Crippen LogP contribution in [0.1, 0.15) is 56.8 Å². The number of rotatable bonds is 2. The summed E-state index contributed by atoms with van der Waals surface area (Å²) in [5.41, 5.74) is 0.637. The second-order valence-corrected chi connectivity index (χ2v) is 6.79. The van der Waals surface area contributed by atoms with Crippen molar-refractivity contribution in [2.45, 2.75) is 52.5 Å². The minimum atomic E-state index is -0.125. The van der Waals surface area contributed by atoms with E-state index in [4.69, 9.17) is 16.0 Å². The van der Waals surface area contributed by atoms with Crippen LogP contribution < -0.4 is 5.32 Å². The number of amides is 1. The highest BCUT2D eigenvalue weighted by Crippen LogP contribution is 2.38. The van der Waals surface area contributed by atoms with Crippen molar-refractivity contribution in [2.24, 2.45) is 11.3 Å². The van der Waals surface area contributed by atoms with E-state index in [1.807, 2.05) is 0 Å². The SMILES string of the molecule is CC(C)(C)C1CCCCC1NC(=O)c1ccoc1Cl. The van der Waals surface area contributed by atoms with Gasteiger partial charge in [-0.25, -0.2) is 0 Å². The van der Waals surface area contributed by atoms with Crippen LogP contribution in [-0.4, -0.2) is 11.9 Å². The van der Waals surface area contributed by atoms with Gasteiger partial charge in [-0.1, -0.05) is 33.6 Å². The molecule has 4 heteroatoms. The molecule has 2 atom stereocenters. The molecule has 0 saturated heterocycles. The maximum absolute atomic E-state index is 12.2. The number of nitrogens with one attached hydrogen (secondary N) is 1. The van der Waals surface area contributed by atoms with E-state index in [-0.39, 0.29) is 22.6 Å². The number of hydrogen-bond acceptors (Lipinski definition) is 2. The number of carbonyl (C=O) groups is 1. The Labute approximate surface area is 119 Å². The van der Waals surface area contributed by atoms with E-state index < -0.39 is 0 Å². The lowest BCUT2D eigenvalue weighted by atomic mass is 9.69. The molecule has 2 rings (SSSR count). The Hall–Kier alpha value is -0.960. The van der Waals surface area contributed by atoms with Crippen molar-refractivity contribution < 1.29 is 9.21 Å². The predicted molar refractivity (Wildman–Crippen MR) is 76.4 cm³/mol. The Kier molecular flexibility index (Phi) is 4.24. The third kappa shape index (κ3) is 3.33. The lowest BCUT2D eigenvalue weighted by Crippen LogP contribution is -2.46. The van der Waals surface area contributed by atoms with E-state index in [0.717, 1.165) is 6.42 Å². The molecule has 1 aromatic heterocycles. The lowest BCUT2D eigenvalue weighted by molar-refractivity contribution is 0.0829. The average Bonchev–Trinajstić information content (AvgIpc) is 2.75. The summed E-state index contributed by atoms with van der Waals surface area (Å²) >= 11 is 5.85. The zero-order chi connectivity index (χ0) is 14.0. The molecule has 0 spiro atoms. The maximum atomic E-state index is 12.2. The summed E-state index contributed by atoms with van der Waals surface area (Å²) in [6.45, 7) is 6.73. The summed E-state index contributed by atoms with van der Waals surface area (Å²) in [5.74, 6) is 0.385. The fourth-order valence-electron chi connectivity index (χ4n) is 3.04. The predicted octanol–water partition coefficient (Wildman–Crippen LogP) is 4.27. The molecular formula is C15H22ClNO2. The summed E-state index contributed by atoms with van der Waals surface area (Å²) in [7, 11) is 0. The van der Waals surface area contributed by atoms with Gasteiger partial charge in [-0.3, -0.25) is 4.79 Å². The van der Waals surface area contributed by atoms with Crippen molar-refractivity contribution in [3.63, 3.8) is 0 Å². The number of hydrogen-bond donors (Lipinski definition) is 1. The molecule has 1 N–H and O–H groups in total. The van der Waals surface area contributed by atoms with Crippen LogP contribution >= 0.6 is 11.6 Å². The van der Waals surface area contributed by atoms with Crippen LogP contribution in [0.5, 0.6) is 0 Å². The molecule has 19 heavy (non-hydrogen) atoms. The molecule has 1 aliphatic carbocycles. The first-order valence-corrected chi connectivity index (χ1v) is 7.31. The minimum absolute atomic E-state index is 0.125. The van der Waals surface area contributed by atoms with Crippen LogP contribution in [0.3, 0.4) is 0 Å². The van der Waals surface area contributed by atoms with Gasteiger partial charge in [0.05, 0.1) is 11.8 Å². The summed E-state index contributed by atoms with van der Waals surface area (Å²) in [4.78, 5) is 12.2. The highest BCUT2D eigenvalue weighted by molar-refractivity contribution is 6.32. The van der Waals surface area contributed by atoms with Crippen LogP contribution in [0.4, 0.5) is 0 Å². The van der Waals surface area contributed by atoms with Gasteiger partial charge >= 0.3 is 0 Å². The molecule has 0 bridgehead atoms. The molecule has 1 aliphatic rings. The monoisotopic (exact) mass is 283 g/mol. The van der Waals surface area contributed by atoms with E-state index in [2.05, 4.69) is 26.1 Å². The molecule has 106 valence electrons. The number of carbonyl (C=O) groups excluding carboxylic acids is 1. The standard InChI is InChI=1S/C15H22ClNO2/c1-15(2,3)11-6-4-5-7-12(11)17-14(18)10-8-9-19-13(10)16/h8-9,11-12H,4-7H2,1-3H3,(H,17,18). The Morgan fingerprint density at radius 2 is 2.05 bits per heavy atom. The van der Waals surface area contributed by atoms with Gasteiger partial charge in [-0.05, 0) is 41.8 Å². The largest absolute Gasteiger partial charge is 0.452 e. The molecule has 3 nitrogen and oxygen atoms in total. The summed E-state index contributed by atoms with van der Waals surface area (Å²) < 4.78 is 4.97. The van der Waals surface area contributed by atoms with Crippen LogP contribution in [0, 0.1) is 11.3 Å². The Morgan fingerprint density at radius 1 is 1.37 bits per heavy atom. The molecule has 0 aromatic carbocycles. The zero-order valence-electron chi connectivity index (χ0n) is 11.8. The molecule has 1 heterocycles. The summed E-state index contributed by atoms with van der Waals surface area (Å²) in [6, 6.07) is 1.85. The van der Waals surface area contributed by atoms with Gasteiger partial charge in [0.15, 0.2) is 0 Å². The van der Waals surface area contributed by atoms with Gasteiger partial charge in [0.25, 0.3) is 5.91 Å². The Balaban J connectivity index is 2.08. The van der Waals surface area contributed by atoms with Gasteiger partial charge < -0.3 is 9.73 Å². The van der Waals surface area contributed by atoms with Crippen molar-refractivity contribution in [2.75, 3.05) is 0 Å². The zero-order valence-corrected chi connectivity index (χ0v) is 12.6. The molecule has 0 radical (unpaired) electrons. The van der Waals surface area contributed by atoms with Crippen molar-refractivity contribution in [3.05, 3.63) is 23.1 Å². The van der Waals surface area contributed by atoms with Crippen LogP contribution in [0.2, 0.25) is 5.22 Å². The van der Waals surface area contributed by atoms with Gasteiger partial charge in [-0.2, -0.15) is 0 Å². The van der Waals surface area contributed by atoms with Crippen molar-refractivity contribution in [3.8, 4) is 0 Å². The summed E-state index contributed by atoms with van der Waals surface area (Å²) in [6.07, 6.45) is 6.09. The van der Waals surface area contributed by atoms with E-state index in [1.54, 1.807) is 6.07 Å². The second-order valence-electron chi connectivity index (χ2n) is 6.44. The first-order chi connectivity index (χ1) is 8.89. The fourth-order valence-corrected chi connectivity index (χ4v) is 3.24. The van der Waals surface area contributed by atoms with Crippen LogP contribution in [0.25, 0.3) is 0 Å². The lowest BCUT2D eigenvalue weighted by Gasteiger charge is -2.40. The van der Waals surface area contributed by atoms with Crippen molar-refractivity contribution in [1.29, 1.82) is 0 Å². The van der Waals surface area contributed by atoms with Gasteiger partial charge in [0.2, 0.25) is 5.22 Å². The highest BCUT2D eigenvalue weighted by Gasteiger charge is 2.35. The highest BCUT2D eigenvalue weighted by atomic mass is 35.5.